The van der Waals surface area contributed by atoms with Crippen LogP contribution in [0.2, 0.25) is 5.02 Å². The monoisotopic (exact) mass is 322 g/mol. The zero-order chi connectivity index (χ0) is 15.8. The number of piperidine rings is 1. The van der Waals surface area contributed by atoms with Gasteiger partial charge < -0.3 is 9.64 Å². The Labute approximate surface area is 140 Å². The summed E-state index contributed by atoms with van der Waals surface area (Å²) in [5, 5.41) is 0.756. The van der Waals surface area contributed by atoms with Crippen LogP contribution < -0.4 is 9.64 Å². The lowest BCUT2D eigenvalue weighted by molar-refractivity contribution is -0.908. The molecule has 0 aliphatic carbocycles. The van der Waals surface area contributed by atoms with Crippen LogP contribution in [-0.4, -0.2) is 26.2 Å². The molecule has 122 valence electrons. The summed E-state index contributed by atoms with van der Waals surface area (Å²) in [5.41, 5.74) is 1.12. The molecular weight excluding hydrogens is 294 g/mol. The van der Waals surface area contributed by atoms with Gasteiger partial charge in [0.15, 0.2) is 0 Å². The highest BCUT2D eigenvalue weighted by Crippen LogP contribution is 2.23. The first kappa shape index (κ1) is 17.4. The fraction of sp³-hybridized carbons (Fsp3) is 0.579. The van der Waals surface area contributed by atoms with E-state index in [1.807, 2.05) is 24.3 Å². The topological polar surface area (TPSA) is 13.7 Å². The second-order valence-electron chi connectivity index (χ2n) is 6.50. The second kappa shape index (κ2) is 9.22. The highest BCUT2D eigenvalue weighted by Gasteiger charge is 2.18. The number of rotatable bonds is 8. The van der Waals surface area contributed by atoms with Crippen molar-refractivity contribution in [1.82, 2.24) is 0 Å². The third-order valence-corrected chi connectivity index (χ3v) is 4.67. The van der Waals surface area contributed by atoms with Gasteiger partial charge in [0.2, 0.25) is 0 Å². The third-order valence-electron chi connectivity index (χ3n) is 4.43. The van der Waals surface area contributed by atoms with Gasteiger partial charge in [-0.3, -0.25) is 0 Å². The molecule has 1 aliphatic rings. The molecule has 1 heterocycles. The van der Waals surface area contributed by atoms with Crippen molar-refractivity contribution in [3.05, 3.63) is 41.4 Å². The quantitative estimate of drug-likeness (QED) is 0.571. The molecule has 0 spiro atoms. The van der Waals surface area contributed by atoms with Crippen molar-refractivity contribution in [2.75, 3.05) is 26.2 Å². The first-order chi connectivity index (χ1) is 10.7. The van der Waals surface area contributed by atoms with Crippen LogP contribution in [0.25, 0.3) is 0 Å². The average molecular weight is 323 g/mol. The van der Waals surface area contributed by atoms with Crippen LogP contribution in [-0.2, 0) is 6.42 Å². The maximum absolute atomic E-state index is 6.04. The van der Waals surface area contributed by atoms with Crippen molar-refractivity contribution < 1.29 is 9.64 Å². The molecule has 0 radical (unpaired) electrons. The smallest absolute Gasteiger partial charge is 0.122 e. The number of quaternary nitrogens is 1. The predicted molar refractivity (Wildman–Crippen MR) is 94.0 cm³/mol. The Hall–Kier alpha value is -0.990. The van der Waals surface area contributed by atoms with Gasteiger partial charge in [0.1, 0.15) is 5.75 Å². The van der Waals surface area contributed by atoms with Crippen molar-refractivity contribution in [2.45, 2.75) is 39.0 Å². The van der Waals surface area contributed by atoms with E-state index in [0.717, 1.165) is 41.7 Å². The van der Waals surface area contributed by atoms with Crippen LogP contribution in [0.3, 0.4) is 0 Å². The van der Waals surface area contributed by atoms with E-state index in [-0.39, 0.29) is 0 Å². The second-order valence-corrected chi connectivity index (χ2v) is 6.94. The molecule has 2 rings (SSSR count). The van der Waals surface area contributed by atoms with E-state index < -0.39 is 0 Å². The number of halogens is 1. The van der Waals surface area contributed by atoms with Crippen LogP contribution in [0.4, 0.5) is 0 Å². The van der Waals surface area contributed by atoms with E-state index in [9.17, 15) is 0 Å². The number of hydrogen-bond donors (Lipinski definition) is 1. The van der Waals surface area contributed by atoms with Crippen LogP contribution in [0.15, 0.2) is 30.9 Å². The van der Waals surface area contributed by atoms with Gasteiger partial charge in [0, 0.05) is 10.9 Å². The molecule has 2 nitrogen and oxygen atoms in total. The van der Waals surface area contributed by atoms with Gasteiger partial charge >= 0.3 is 0 Å². The van der Waals surface area contributed by atoms with Gasteiger partial charge in [0.25, 0.3) is 0 Å². The van der Waals surface area contributed by atoms with Crippen LogP contribution in [0, 0.1) is 5.92 Å². The molecule has 2 atom stereocenters. The van der Waals surface area contributed by atoms with E-state index in [2.05, 4.69) is 13.5 Å². The minimum Gasteiger partial charge on any atom is -0.493 e. The molecule has 0 amide bonds. The van der Waals surface area contributed by atoms with Crippen molar-refractivity contribution in [3.8, 4) is 5.75 Å². The molecule has 1 aromatic rings. The maximum atomic E-state index is 6.04. The molecule has 1 aromatic carbocycles. The van der Waals surface area contributed by atoms with E-state index in [0.29, 0.717) is 0 Å². The molecule has 3 heteroatoms. The standard InChI is InChI=1S/C19H28ClNO/c1-3-7-17-14-18(20)9-10-19(17)22-13-5-4-11-21-12-6-8-16(2)15-21/h3,9-10,14,16H,1,4-8,11-13,15H2,2H3/p+1/t16-/m1/s1. The van der Waals surface area contributed by atoms with Crippen molar-refractivity contribution in [1.29, 1.82) is 0 Å². The molecule has 1 N–H and O–H groups in total. The Morgan fingerprint density at radius 2 is 2.27 bits per heavy atom. The fourth-order valence-corrected chi connectivity index (χ4v) is 3.48. The Morgan fingerprint density at radius 3 is 3.05 bits per heavy atom. The fourth-order valence-electron chi connectivity index (χ4n) is 3.29. The molecule has 1 fully saturated rings. The minimum atomic E-state index is 0.756. The number of benzene rings is 1. The van der Waals surface area contributed by atoms with E-state index in [1.165, 1.54) is 38.9 Å². The largest absolute Gasteiger partial charge is 0.493 e. The Balaban J connectivity index is 1.69. The van der Waals surface area contributed by atoms with Gasteiger partial charge in [-0.05, 0) is 55.9 Å². The van der Waals surface area contributed by atoms with Gasteiger partial charge in [-0.25, -0.2) is 0 Å². The van der Waals surface area contributed by atoms with Gasteiger partial charge in [-0.15, -0.1) is 6.58 Å². The van der Waals surface area contributed by atoms with Gasteiger partial charge in [-0.1, -0.05) is 24.6 Å². The van der Waals surface area contributed by atoms with Gasteiger partial charge in [0.05, 0.1) is 26.2 Å². The number of unbranched alkanes of at least 4 members (excludes halogenated alkanes) is 1. The van der Waals surface area contributed by atoms with E-state index in [1.54, 1.807) is 4.90 Å². The summed E-state index contributed by atoms with van der Waals surface area (Å²) >= 11 is 6.04. The SMILES string of the molecule is C=CCc1cc(Cl)ccc1OCCCC[NH+]1CCC[C@@H](C)C1. The van der Waals surface area contributed by atoms with Crippen molar-refractivity contribution >= 4 is 11.6 Å². The zero-order valence-electron chi connectivity index (χ0n) is 13.7. The van der Waals surface area contributed by atoms with E-state index >= 15 is 0 Å². The molecule has 22 heavy (non-hydrogen) atoms. The molecular formula is C19H29ClNO+. The van der Waals surface area contributed by atoms with Gasteiger partial charge in [-0.2, -0.15) is 0 Å². The average Bonchev–Trinajstić information content (AvgIpc) is 2.49. The Morgan fingerprint density at radius 1 is 1.41 bits per heavy atom. The summed E-state index contributed by atoms with van der Waals surface area (Å²) < 4.78 is 5.94. The summed E-state index contributed by atoms with van der Waals surface area (Å²) in [4.78, 5) is 1.78. The summed E-state index contributed by atoms with van der Waals surface area (Å²) in [6.45, 7) is 10.9. The third kappa shape index (κ3) is 5.66. The number of likely N-dealkylation sites (tertiary alicyclic amines) is 1. The maximum Gasteiger partial charge on any atom is 0.122 e. The summed E-state index contributed by atoms with van der Waals surface area (Å²) in [6.07, 6.45) is 7.85. The highest BCUT2D eigenvalue weighted by molar-refractivity contribution is 6.30. The minimum absolute atomic E-state index is 0.756. The predicted octanol–water partition coefficient (Wildman–Crippen LogP) is 3.54. The lowest BCUT2D eigenvalue weighted by Gasteiger charge is -2.27. The normalized spacial score (nSPS) is 21.5. The van der Waals surface area contributed by atoms with Crippen molar-refractivity contribution in [3.63, 3.8) is 0 Å². The highest BCUT2D eigenvalue weighted by atomic mass is 35.5. The molecule has 1 aliphatic heterocycles. The number of hydrogen-bond acceptors (Lipinski definition) is 1. The summed E-state index contributed by atoms with van der Waals surface area (Å²) in [7, 11) is 0. The molecule has 0 bridgehead atoms. The zero-order valence-corrected chi connectivity index (χ0v) is 14.5. The lowest BCUT2D eigenvalue weighted by atomic mass is 10.0. The van der Waals surface area contributed by atoms with E-state index in [4.69, 9.17) is 16.3 Å². The van der Waals surface area contributed by atoms with Crippen LogP contribution in [0.1, 0.15) is 38.2 Å². The van der Waals surface area contributed by atoms with Crippen molar-refractivity contribution in [2.24, 2.45) is 5.92 Å². The first-order valence-corrected chi connectivity index (χ1v) is 8.92. The number of nitrogens with one attached hydrogen (secondary N) is 1. The molecule has 0 aromatic heterocycles. The summed E-state index contributed by atoms with van der Waals surface area (Å²) in [5.74, 6) is 1.85. The Bertz CT molecular complexity index is 475. The number of allylic oxidation sites excluding steroid dienone is 1. The molecule has 1 saturated heterocycles. The molecule has 1 unspecified atom stereocenters. The summed E-state index contributed by atoms with van der Waals surface area (Å²) in [6, 6.07) is 5.83. The Kier molecular flexibility index (Phi) is 7.28. The molecule has 0 saturated carbocycles. The number of ether oxygens (including phenoxy) is 1. The lowest BCUT2D eigenvalue weighted by Crippen LogP contribution is -3.13. The van der Waals surface area contributed by atoms with Crippen LogP contribution >= 0.6 is 11.6 Å². The van der Waals surface area contributed by atoms with Crippen LogP contribution in [0.5, 0.6) is 5.75 Å². The first-order valence-electron chi connectivity index (χ1n) is 8.54.